The fourth-order valence-corrected chi connectivity index (χ4v) is 4.48. The Morgan fingerprint density at radius 2 is 1.82 bits per heavy atom. The van der Waals surface area contributed by atoms with E-state index in [0.717, 1.165) is 5.56 Å². The molecule has 0 bridgehead atoms. The molecule has 208 valence electrons. The van der Waals surface area contributed by atoms with E-state index in [2.05, 4.69) is 5.32 Å². The van der Waals surface area contributed by atoms with Gasteiger partial charge in [-0.15, -0.1) is 0 Å². The number of hydrogen-bond acceptors (Lipinski definition) is 8. The standard InChI is InChI=1S/C28H30ClNO9/c1-16(31)30-24-26(35-15-23(33)34)25-22(14-36-28(2,3)39-25)38-27(24)37-20-11-4-17(5-12-20)6-13-21(32)18-7-9-19(29)10-8-18/h4-13,22,24-27H,14-15H2,1-3H3,(H,30,31)(H,33,34)/b13-6+. The van der Waals surface area contributed by atoms with Gasteiger partial charge in [-0.3, -0.25) is 9.59 Å². The average molecular weight is 560 g/mol. The Bertz CT molecular complexity index is 1210. The van der Waals surface area contributed by atoms with Crippen molar-refractivity contribution in [2.24, 2.45) is 0 Å². The SMILES string of the molecule is CC(=O)NC1C(Oc2ccc(/C=C/C(=O)c3ccc(Cl)cc3)cc2)OC2COC(C)(C)OC2C1OCC(=O)O. The molecule has 0 spiro atoms. The van der Waals surface area contributed by atoms with Crippen LogP contribution in [0.25, 0.3) is 6.08 Å². The first-order valence-electron chi connectivity index (χ1n) is 12.3. The van der Waals surface area contributed by atoms with Crippen molar-refractivity contribution in [1.29, 1.82) is 0 Å². The molecule has 11 heteroatoms. The van der Waals surface area contributed by atoms with Gasteiger partial charge in [-0.1, -0.05) is 29.8 Å². The topological polar surface area (TPSA) is 130 Å². The van der Waals surface area contributed by atoms with E-state index in [1.807, 2.05) is 0 Å². The quantitative estimate of drug-likeness (QED) is 0.350. The molecule has 0 radical (unpaired) electrons. The molecule has 2 aromatic rings. The van der Waals surface area contributed by atoms with Crippen LogP contribution in [-0.2, 0) is 28.5 Å². The maximum atomic E-state index is 12.4. The van der Waals surface area contributed by atoms with Crippen molar-refractivity contribution in [2.75, 3.05) is 13.2 Å². The molecule has 0 aliphatic carbocycles. The van der Waals surface area contributed by atoms with Gasteiger partial charge in [0, 0.05) is 17.5 Å². The lowest BCUT2D eigenvalue weighted by Gasteiger charge is -2.50. The normalized spacial score (nSPS) is 26.0. The summed E-state index contributed by atoms with van der Waals surface area (Å²) in [6, 6.07) is 12.6. The van der Waals surface area contributed by atoms with Gasteiger partial charge < -0.3 is 34.1 Å². The molecule has 2 aromatic carbocycles. The fourth-order valence-electron chi connectivity index (χ4n) is 4.35. The molecule has 2 fully saturated rings. The number of benzene rings is 2. The van der Waals surface area contributed by atoms with E-state index in [4.69, 9.17) is 35.3 Å². The number of aliphatic carboxylic acids is 1. The first-order valence-corrected chi connectivity index (χ1v) is 12.7. The first-order chi connectivity index (χ1) is 18.5. The maximum absolute atomic E-state index is 12.4. The monoisotopic (exact) mass is 559 g/mol. The summed E-state index contributed by atoms with van der Waals surface area (Å²) < 4.78 is 29.7. The summed E-state index contributed by atoms with van der Waals surface area (Å²) in [5.74, 6) is -2.24. The summed E-state index contributed by atoms with van der Waals surface area (Å²) in [5, 5.41) is 12.5. The molecule has 2 saturated heterocycles. The van der Waals surface area contributed by atoms with Crippen LogP contribution < -0.4 is 10.1 Å². The van der Waals surface area contributed by atoms with E-state index in [0.29, 0.717) is 16.3 Å². The van der Waals surface area contributed by atoms with Crippen molar-refractivity contribution in [3.63, 3.8) is 0 Å². The number of ether oxygens (including phenoxy) is 5. The molecule has 1 amide bonds. The minimum Gasteiger partial charge on any atom is -0.480 e. The molecule has 2 N–H and O–H groups in total. The van der Waals surface area contributed by atoms with Crippen LogP contribution in [0.2, 0.25) is 5.02 Å². The zero-order valence-corrected chi connectivity index (χ0v) is 22.4. The largest absolute Gasteiger partial charge is 0.480 e. The number of allylic oxidation sites excluding steroid dienone is 1. The van der Waals surface area contributed by atoms with Gasteiger partial charge in [-0.25, -0.2) is 4.79 Å². The van der Waals surface area contributed by atoms with Crippen molar-refractivity contribution in [3.8, 4) is 5.75 Å². The zero-order chi connectivity index (χ0) is 28.2. The van der Waals surface area contributed by atoms with Crippen LogP contribution in [0.1, 0.15) is 36.7 Å². The number of carbonyl (C=O) groups is 3. The second-order valence-corrected chi connectivity index (χ2v) is 10.1. The molecule has 2 aliphatic rings. The molecule has 4 rings (SSSR count). The second kappa shape index (κ2) is 12.3. The summed E-state index contributed by atoms with van der Waals surface area (Å²) in [5.41, 5.74) is 1.28. The van der Waals surface area contributed by atoms with E-state index in [1.54, 1.807) is 68.5 Å². The third-order valence-corrected chi connectivity index (χ3v) is 6.37. The molecule has 5 atom stereocenters. The molecular weight excluding hydrogens is 530 g/mol. The summed E-state index contributed by atoms with van der Waals surface area (Å²) in [4.78, 5) is 35.7. The Kier molecular flexibility index (Phi) is 9.04. The predicted molar refractivity (Wildman–Crippen MR) is 140 cm³/mol. The number of halogens is 1. The third-order valence-electron chi connectivity index (χ3n) is 6.12. The van der Waals surface area contributed by atoms with Gasteiger partial charge >= 0.3 is 5.97 Å². The highest BCUT2D eigenvalue weighted by molar-refractivity contribution is 6.30. The molecule has 10 nitrogen and oxygen atoms in total. The van der Waals surface area contributed by atoms with Crippen molar-refractivity contribution < 1.29 is 43.2 Å². The number of hydrogen-bond donors (Lipinski definition) is 2. The number of carboxylic acids is 1. The van der Waals surface area contributed by atoms with Crippen molar-refractivity contribution in [1.82, 2.24) is 5.32 Å². The maximum Gasteiger partial charge on any atom is 0.329 e. The fraction of sp³-hybridized carbons (Fsp3) is 0.393. The molecule has 2 heterocycles. The Balaban J connectivity index is 1.50. The van der Waals surface area contributed by atoms with E-state index in [-0.39, 0.29) is 18.3 Å². The number of rotatable bonds is 9. The Morgan fingerprint density at radius 1 is 1.13 bits per heavy atom. The van der Waals surface area contributed by atoms with E-state index < -0.39 is 49.0 Å². The van der Waals surface area contributed by atoms with E-state index >= 15 is 0 Å². The minimum atomic E-state index is -1.17. The van der Waals surface area contributed by atoms with Crippen molar-refractivity contribution in [2.45, 2.75) is 57.2 Å². The highest BCUT2D eigenvalue weighted by atomic mass is 35.5. The zero-order valence-electron chi connectivity index (χ0n) is 21.7. The van der Waals surface area contributed by atoms with Gasteiger partial charge in [0.05, 0.1) is 6.61 Å². The molecule has 2 aliphatic heterocycles. The van der Waals surface area contributed by atoms with Gasteiger partial charge in [0.15, 0.2) is 11.6 Å². The molecule has 0 aromatic heterocycles. The Hall–Kier alpha value is -3.28. The van der Waals surface area contributed by atoms with Crippen LogP contribution >= 0.6 is 11.6 Å². The summed E-state index contributed by atoms with van der Waals surface area (Å²) in [6.45, 7) is 4.34. The molecule has 39 heavy (non-hydrogen) atoms. The lowest BCUT2D eigenvalue weighted by Crippen LogP contribution is -2.69. The number of carboxylic acid groups (broad SMARTS) is 1. The number of fused-ring (bicyclic) bond motifs is 1. The van der Waals surface area contributed by atoms with Crippen LogP contribution in [0.15, 0.2) is 54.6 Å². The van der Waals surface area contributed by atoms with Crippen LogP contribution in [-0.4, -0.2) is 72.4 Å². The van der Waals surface area contributed by atoms with Crippen LogP contribution in [0.3, 0.4) is 0 Å². The number of carbonyl (C=O) groups excluding carboxylic acids is 2. The van der Waals surface area contributed by atoms with Gasteiger partial charge in [-0.05, 0) is 61.9 Å². The smallest absolute Gasteiger partial charge is 0.329 e. The number of nitrogens with one attached hydrogen (secondary N) is 1. The van der Waals surface area contributed by atoms with Crippen LogP contribution in [0, 0.1) is 0 Å². The average Bonchev–Trinajstić information content (AvgIpc) is 2.88. The molecule has 5 unspecified atom stereocenters. The first kappa shape index (κ1) is 28.7. The van der Waals surface area contributed by atoms with Crippen LogP contribution in [0.4, 0.5) is 0 Å². The Labute approximate surface area is 230 Å². The van der Waals surface area contributed by atoms with Crippen LogP contribution in [0.5, 0.6) is 5.75 Å². The van der Waals surface area contributed by atoms with E-state index in [9.17, 15) is 19.5 Å². The third kappa shape index (κ3) is 7.65. The van der Waals surface area contributed by atoms with E-state index in [1.165, 1.54) is 13.0 Å². The van der Waals surface area contributed by atoms with Gasteiger partial charge in [0.25, 0.3) is 0 Å². The highest BCUT2D eigenvalue weighted by Gasteiger charge is 2.53. The lowest BCUT2D eigenvalue weighted by atomic mass is 9.95. The number of amides is 1. The van der Waals surface area contributed by atoms with Gasteiger partial charge in [0.1, 0.15) is 36.7 Å². The van der Waals surface area contributed by atoms with Gasteiger partial charge in [-0.2, -0.15) is 0 Å². The highest BCUT2D eigenvalue weighted by Crippen LogP contribution is 2.35. The minimum absolute atomic E-state index is 0.155. The van der Waals surface area contributed by atoms with Crippen molar-refractivity contribution in [3.05, 3.63) is 70.8 Å². The predicted octanol–water partition coefficient (Wildman–Crippen LogP) is 3.47. The molecular formula is C28H30ClNO9. The number of ketones is 1. The summed E-state index contributed by atoms with van der Waals surface area (Å²) in [6.07, 6.45) is -0.126. The second-order valence-electron chi connectivity index (χ2n) is 9.62. The summed E-state index contributed by atoms with van der Waals surface area (Å²) in [7, 11) is 0. The summed E-state index contributed by atoms with van der Waals surface area (Å²) >= 11 is 5.88. The lowest BCUT2D eigenvalue weighted by molar-refractivity contribution is -0.364. The Morgan fingerprint density at radius 3 is 2.46 bits per heavy atom. The van der Waals surface area contributed by atoms with Gasteiger partial charge in [0.2, 0.25) is 12.2 Å². The van der Waals surface area contributed by atoms with Crippen molar-refractivity contribution >= 4 is 35.3 Å². The molecule has 0 saturated carbocycles.